The summed E-state index contributed by atoms with van der Waals surface area (Å²) in [5.41, 5.74) is 0. The molecular weight excluding hydrogens is 234 g/mol. The summed E-state index contributed by atoms with van der Waals surface area (Å²) in [6.45, 7) is 2.09. The van der Waals surface area contributed by atoms with Crippen LogP contribution in [-0.4, -0.2) is 23.2 Å². The third-order valence-corrected chi connectivity index (χ3v) is 4.49. The lowest BCUT2D eigenvalue weighted by molar-refractivity contribution is 0.0871. The standard InChI is InChI=1S/C13H19NO2S/c1-2-11-7-8-12(17-11)13(16)14-9-3-5-10(15)6-4-9/h7-10,15H,2-6H2,1H3,(H,14,16). The third-order valence-electron chi connectivity index (χ3n) is 3.27. The van der Waals surface area contributed by atoms with Crippen LogP contribution in [0.1, 0.15) is 47.2 Å². The van der Waals surface area contributed by atoms with Gasteiger partial charge in [-0.2, -0.15) is 0 Å². The number of aryl methyl sites for hydroxylation is 1. The molecule has 1 saturated carbocycles. The quantitative estimate of drug-likeness (QED) is 0.868. The van der Waals surface area contributed by atoms with E-state index in [9.17, 15) is 9.90 Å². The molecule has 94 valence electrons. The molecule has 2 rings (SSSR count). The minimum atomic E-state index is -0.170. The molecule has 2 N–H and O–H groups in total. The van der Waals surface area contributed by atoms with Crippen LogP contribution in [-0.2, 0) is 6.42 Å². The van der Waals surface area contributed by atoms with Gasteiger partial charge in [0.15, 0.2) is 0 Å². The van der Waals surface area contributed by atoms with Crippen LogP contribution < -0.4 is 5.32 Å². The Hall–Kier alpha value is -0.870. The summed E-state index contributed by atoms with van der Waals surface area (Å²) in [5.74, 6) is 0.0380. The third kappa shape index (κ3) is 3.30. The van der Waals surface area contributed by atoms with Crippen LogP contribution in [0.4, 0.5) is 0 Å². The highest BCUT2D eigenvalue weighted by atomic mass is 32.1. The highest BCUT2D eigenvalue weighted by Gasteiger charge is 2.21. The van der Waals surface area contributed by atoms with Gasteiger partial charge in [-0.25, -0.2) is 0 Å². The molecule has 0 bridgehead atoms. The highest BCUT2D eigenvalue weighted by molar-refractivity contribution is 7.14. The maximum absolute atomic E-state index is 12.0. The number of aliphatic hydroxyl groups is 1. The number of hydrogen-bond donors (Lipinski definition) is 2. The van der Waals surface area contributed by atoms with Crippen molar-refractivity contribution in [2.45, 2.75) is 51.2 Å². The highest BCUT2D eigenvalue weighted by Crippen LogP contribution is 2.20. The monoisotopic (exact) mass is 253 g/mol. The van der Waals surface area contributed by atoms with Crippen LogP contribution in [0.15, 0.2) is 12.1 Å². The van der Waals surface area contributed by atoms with Crippen LogP contribution in [0.25, 0.3) is 0 Å². The van der Waals surface area contributed by atoms with E-state index in [4.69, 9.17) is 0 Å². The van der Waals surface area contributed by atoms with Crippen molar-refractivity contribution in [2.24, 2.45) is 0 Å². The first-order valence-electron chi connectivity index (χ1n) is 6.26. The fraction of sp³-hybridized carbons (Fsp3) is 0.615. The molecule has 0 aromatic carbocycles. The maximum atomic E-state index is 12.0. The lowest BCUT2D eigenvalue weighted by atomic mass is 9.93. The van der Waals surface area contributed by atoms with Gasteiger partial charge < -0.3 is 10.4 Å². The molecule has 0 saturated heterocycles. The van der Waals surface area contributed by atoms with E-state index in [1.165, 1.54) is 4.88 Å². The average molecular weight is 253 g/mol. The normalized spacial score (nSPS) is 24.6. The van der Waals surface area contributed by atoms with Crippen LogP contribution in [0.3, 0.4) is 0 Å². The Balaban J connectivity index is 1.88. The number of thiophene rings is 1. The van der Waals surface area contributed by atoms with Crippen LogP contribution >= 0.6 is 11.3 Å². The predicted molar refractivity (Wildman–Crippen MR) is 69.4 cm³/mol. The van der Waals surface area contributed by atoms with E-state index >= 15 is 0 Å². The molecule has 1 heterocycles. The van der Waals surface area contributed by atoms with Gasteiger partial charge >= 0.3 is 0 Å². The van der Waals surface area contributed by atoms with Gasteiger partial charge in [-0.3, -0.25) is 4.79 Å². The van der Waals surface area contributed by atoms with Gasteiger partial charge in [-0.05, 0) is 44.2 Å². The van der Waals surface area contributed by atoms with Crippen molar-refractivity contribution >= 4 is 17.2 Å². The first-order valence-corrected chi connectivity index (χ1v) is 7.08. The zero-order chi connectivity index (χ0) is 12.3. The van der Waals surface area contributed by atoms with Crippen molar-refractivity contribution < 1.29 is 9.90 Å². The SMILES string of the molecule is CCc1ccc(C(=O)NC2CCC(O)CC2)s1. The second-order valence-corrected chi connectivity index (χ2v) is 5.77. The average Bonchev–Trinajstić information content (AvgIpc) is 2.81. The fourth-order valence-electron chi connectivity index (χ4n) is 2.17. The molecule has 1 amide bonds. The van der Waals surface area contributed by atoms with Crippen molar-refractivity contribution in [3.8, 4) is 0 Å². The molecule has 17 heavy (non-hydrogen) atoms. The van der Waals surface area contributed by atoms with E-state index in [0.29, 0.717) is 0 Å². The lowest BCUT2D eigenvalue weighted by Gasteiger charge is -2.25. The van der Waals surface area contributed by atoms with Gasteiger partial charge in [0.05, 0.1) is 11.0 Å². The van der Waals surface area contributed by atoms with E-state index in [0.717, 1.165) is 37.0 Å². The molecule has 0 aliphatic heterocycles. The minimum Gasteiger partial charge on any atom is -0.393 e. The Labute approximate surface area is 106 Å². The molecule has 4 heteroatoms. The molecular formula is C13H19NO2S. The van der Waals surface area contributed by atoms with Crippen LogP contribution in [0.5, 0.6) is 0 Å². The summed E-state index contributed by atoms with van der Waals surface area (Å²) in [6.07, 6.45) is 4.19. The molecule has 1 aliphatic carbocycles. The van der Waals surface area contributed by atoms with E-state index < -0.39 is 0 Å². The minimum absolute atomic E-state index is 0.0380. The summed E-state index contributed by atoms with van der Waals surface area (Å²) in [5, 5.41) is 12.5. The summed E-state index contributed by atoms with van der Waals surface area (Å²) >= 11 is 1.57. The van der Waals surface area contributed by atoms with E-state index in [2.05, 4.69) is 12.2 Å². The maximum Gasteiger partial charge on any atom is 0.261 e. The van der Waals surface area contributed by atoms with Gasteiger partial charge in [0.25, 0.3) is 5.91 Å². The first kappa shape index (κ1) is 12.6. The van der Waals surface area contributed by atoms with Crippen molar-refractivity contribution in [1.82, 2.24) is 5.32 Å². The Kier molecular flexibility index (Phi) is 4.18. The van der Waals surface area contributed by atoms with Crippen molar-refractivity contribution in [3.63, 3.8) is 0 Å². The molecule has 3 nitrogen and oxygen atoms in total. The summed E-state index contributed by atoms with van der Waals surface area (Å²) < 4.78 is 0. The molecule has 1 aromatic rings. The number of aliphatic hydroxyl groups excluding tert-OH is 1. The molecule has 0 spiro atoms. The largest absolute Gasteiger partial charge is 0.393 e. The van der Waals surface area contributed by atoms with Gasteiger partial charge in [0, 0.05) is 10.9 Å². The molecule has 0 atom stereocenters. The molecule has 1 aromatic heterocycles. The number of hydrogen-bond acceptors (Lipinski definition) is 3. The smallest absolute Gasteiger partial charge is 0.261 e. The Morgan fingerprint density at radius 1 is 1.41 bits per heavy atom. The van der Waals surface area contributed by atoms with Gasteiger partial charge in [0.1, 0.15) is 0 Å². The fourth-order valence-corrected chi connectivity index (χ4v) is 3.02. The molecule has 1 aliphatic rings. The van der Waals surface area contributed by atoms with Gasteiger partial charge in [0.2, 0.25) is 0 Å². The molecule has 1 fully saturated rings. The first-order chi connectivity index (χ1) is 8.19. The predicted octanol–water partition coefficient (Wildman–Crippen LogP) is 2.34. The van der Waals surface area contributed by atoms with Crippen LogP contribution in [0.2, 0.25) is 0 Å². The second kappa shape index (κ2) is 5.65. The van der Waals surface area contributed by atoms with E-state index in [1.807, 2.05) is 12.1 Å². The lowest BCUT2D eigenvalue weighted by Crippen LogP contribution is -2.38. The Bertz CT molecular complexity index is 381. The number of rotatable bonds is 3. The molecule has 0 radical (unpaired) electrons. The van der Waals surface area contributed by atoms with Gasteiger partial charge in [-0.1, -0.05) is 6.92 Å². The van der Waals surface area contributed by atoms with Crippen molar-refractivity contribution in [2.75, 3.05) is 0 Å². The number of carbonyl (C=O) groups is 1. The summed E-state index contributed by atoms with van der Waals surface area (Å²) in [4.78, 5) is 14.0. The number of carbonyl (C=O) groups excluding carboxylic acids is 1. The topological polar surface area (TPSA) is 49.3 Å². The van der Waals surface area contributed by atoms with Gasteiger partial charge in [-0.15, -0.1) is 11.3 Å². The van der Waals surface area contributed by atoms with Crippen molar-refractivity contribution in [3.05, 3.63) is 21.9 Å². The summed E-state index contributed by atoms with van der Waals surface area (Å²) in [7, 11) is 0. The van der Waals surface area contributed by atoms with E-state index in [-0.39, 0.29) is 18.1 Å². The van der Waals surface area contributed by atoms with E-state index in [1.54, 1.807) is 11.3 Å². The number of amides is 1. The zero-order valence-electron chi connectivity index (χ0n) is 10.1. The van der Waals surface area contributed by atoms with Crippen LogP contribution in [0, 0.1) is 0 Å². The Morgan fingerprint density at radius 2 is 2.12 bits per heavy atom. The summed E-state index contributed by atoms with van der Waals surface area (Å²) in [6, 6.07) is 4.15. The Morgan fingerprint density at radius 3 is 2.71 bits per heavy atom. The van der Waals surface area contributed by atoms with Crippen molar-refractivity contribution in [1.29, 1.82) is 0 Å². The molecule has 0 unspecified atom stereocenters. The second-order valence-electron chi connectivity index (χ2n) is 4.60. The zero-order valence-corrected chi connectivity index (χ0v) is 10.9. The number of nitrogens with one attached hydrogen (secondary N) is 1.